The monoisotopic (exact) mass is 461 g/mol. The second-order valence-electron chi connectivity index (χ2n) is 5.56. The van der Waals surface area contributed by atoms with Crippen LogP contribution in [0.3, 0.4) is 0 Å². The van der Waals surface area contributed by atoms with Gasteiger partial charge in [-0.15, -0.1) is 0 Å². The Bertz CT molecular complexity index is 891. The lowest BCUT2D eigenvalue weighted by molar-refractivity contribution is 0.0516. The number of pyridine rings is 2. The molecule has 0 bridgehead atoms. The zero-order chi connectivity index (χ0) is 22.1. The van der Waals surface area contributed by atoms with Crippen LogP contribution >= 0.6 is 34.8 Å². The van der Waals surface area contributed by atoms with E-state index in [0.717, 1.165) is 5.56 Å². The summed E-state index contributed by atoms with van der Waals surface area (Å²) in [5.74, 6) is -0.876. The maximum atomic E-state index is 11.5. The van der Waals surface area contributed by atoms with Crippen LogP contribution in [0.4, 0.5) is 5.69 Å². The van der Waals surface area contributed by atoms with Gasteiger partial charge in [-0.2, -0.15) is 0 Å². The zero-order valence-electron chi connectivity index (χ0n) is 16.7. The van der Waals surface area contributed by atoms with Gasteiger partial charge in [-0.05, 0) is 27.7 Å². The van der Waals surface area contributed by atoms with Crippen molar-refractivity contribution in [1.82, 2.24) is 9.97 Å². The molecule has 0 aliphatic carbocycles. The fraction of sp³-hybridized carbons (Fsp3) is 0.368. The van der Waals surface area contributed by atoms with Gasteiger partial charge in [0.05, 0.1) is 29.5 Å². The predicted octanol–water partition coefficient (Wildman–Crippen LogP) is 5.14. The van der Waals surface area contributed by atoms with Crippen molar-refractivity contribution in [3.8, 4) is 0 Å². The van der Waals surface area contributed by atoms with E-state index < -0.39 is 11.9 Å². The van der Waals surface area contributed by atoms with Gasteiger partial charge >= 0.3 is 11.9 Å². The minimum absolute atomic E-state index is 0.246. The molecule has 10 heteroatoms. The smallest absolute Gasteiger partial charge is 0.341 e. The third-order valence-corrected chi connectivity index (χ3v) is 4.93. The van der Waals surface area contributed by atoms with E-state index in [4.69, 9.17) is 44.3 Å². The molecule has 158 valence electrons. The van der Waals surface area contributed by atoms with Crippen molar-refractivity contribution in [3.63, 3.8) is 0 Å². The Hall–Kier alpha value is -2.09. The quantitative estimate of drug-likeness (QED) is 0.486. The molecule has 0 saturated heterocycles. The van der Waals surface area contributed by atoms with Gasteiger partial charge in [0.15, 0.2) is 0 Å². The van der Waals surface area contributed by atoms with Crippen molar-refractivity contribution in [2.45, 2.75) is 27.7 Å². The van der Waals surface area contributed by atoms with Crippen molar-refractivity contribution in [2.75, 3.05) is 25.6 Å². The average molecular weight is 463 g/mol. The van der Waals surface area contributed by atoms with Crippen LogP contribution in [0.1, 0.15) is 45.7 Å². The molecular formula is C19H22Cl3N3O4. The third-order valence-electron chi connectivity index (χ3n) is 3.68. The molecule has 7 nitrogen and oxygen atoms in total. The first-order valence-electron chi connectivity index (χ1n) is 8.67. The molecular weight excluding hydrogens is 441 g/mol. The maximum Gasteiger partial charge on any atom is 0.341 e. The summed E-state index contributed by atoms with van der Waals surface area (Å²) >= 11 is 17.5. The molecule has 0 fully saturated rings. The first kappa shape index (κ1) is 24.9. The van der Waals surface area contributed by atoms with Crippen LogP contribution < -0.4 is 5.32 Å². The molecule has 0 aliphatic rings. The van der Waals surface area contributed by atoms with E-state index in [1.807, 2.05) is 0 Å². The topological polar surface area (TPSA) is 90.4 Å². The summed E-state index contributed by atoms with van der Waals surface area (Å²) in [5.41, 5.74) is 2.63. The molecule has 0 aliphatic heterocycles. The van der Waals surface area contributed by atoms with Crippen LogP contribution in [0.2, 0.25) is 15.3 Å². The van der Waals surface area contributed by atoms with E-state index in [0.29, 0.717) is 45.4 Å². The van der Waals surface area contributed by atoms with Gasteiger partial charge in [-0.1, -0.05) is 34.8 Å². The third kappa shape index (κ3) is 6.45. The van der Waals surface area contributed by atoms with Gasteiger partial charge in [0.1, 0.15) is 15.9 Å². The Labute approximate surface area is 184 Å². The van der Waals surface area contributed by atoms with E-state index in [1.54, 1.807) is 34.7 Å². The van der Waals surface area contributed by atoms with E-state index in [2.05, 4.69) is 15.3 Å². The van der Waals surface area contributed by atoms with Crippen LogP contribution in [-0.4, -0.2) is 42.2 Å². The predicted molar refractivity (Wildman–Crippen MR) is 114 cm³/mol. The van der Waals surface area contributed by atoms with Gasteiger partial charge in [0.25, 0.3) is 0 Å². The fourth-order valence-corrected chi connectivity index (χ4v) is 2.74. The molecule has 0 unspecified atom stereocenters. The molecule has 2 rings (SSSR count). The number of aromatic nitrogens is 2. The molecule has 0 amide bonds. The van der Waals surface area contributed by atoms with Crippen LogP contribution in [0.5, 0.6) is 0 Å². The van der Waals surface area contributed by atoms with Gasteiger partial charge in [0, 0.05) is 30.6 Å². The molecule has 0 radical (unpaired) electrons. The lowest BCUT2D eigenvalue weighted by Crippen LogP contribution is -2.10. The number of ether oxygens (including phenoxy) is 2. The number of nitrogens with zero attached hydrogens (tertiary/aromatic N) is 2. The Morgan fingerprint density at radius 1 is 0.897 bits per heavy atom. The molecule has 0 aromatic carbocycles. The minimum atomic E-state index is -0.482. The summed E-state index contributed by atoms with van der Waals surface area (Å²) in [5, 5.41) is 3.89. The van der Waals surface area contributed by atoms with Crippen molar-refractivity contribution in [1.29, 1.82) is 0 Å². The Balaban J connectivity index is 0.000000291. The second-order valence-corrected chi connectivity index (χ2v) is 6.65. The molecule has 1 N–H and O–H groups in total. The highest BCUT2D eigenvalue weighted by atomic mass is 35.5. The van der Waals surface area contributed by atoms with Crippen LogP contribution in [0.25, 0.3) is 0 Å². The van der Waals surface area contributed by atoms with Gasteiger partial charge in [-0.25, -0.2) is 19.6 Å². The summed E-state index contributed by atoms with van der Waals surface area (Å²) in [7, 11) is 1.72. The summed E-state index contributed by atoms with van der Waals surface area (Å²) in [6, 6.07) is 0. The highest BCUT2D eigenvalue weighted by Crippen LogP contribution is 2.26. The Kier molecular flexibility index (Phi) is 10.2. The first-order valence-corrected chi connectivity index (χ1v) is 9.80. The molecule has 2 aromatic heterocycles. The number of rotatable bonds is 5. The lowest BCUT2D eigenvalue weighted by atomic mass is 10.1. The summed E-state index contributed by atoms with van der Waals surface area (Å²) in [6.45, 7) is 7.61. The highest BCUT2D eigenvalue weighted by Gasteiger charge is 2.16. The minimum Gasteiger partial charge on any atom is -0.462 e. The number of carbonyl (C=O) groups excluding carboxylic acids is 2. The van der Waals surface area contributed by atoms with Crippen molar-refractivity contribution < 1.29 is 19.1 Å². The summed E-state index contributed by atoms with van der Waals surface area (Å²) in [4.78, 5) is 30.6. The highest BCUT2D eigenvalue weighted by molar-refractivity contribution is 6.37. The van der Waals surface area contributed by atoms with Crippen molar-refractivity contribution in [2.24, 2.45) is 0 Å². The van der Waals surface area contributed by atoms with Crippen molar-refractivity contribution in [3.05, 3.63) is 50.0 Å². The second kappa shape index (κ2) is 11.8. The molecule has 2 heterocycles. The summed E-state index contributed by atoms with van der Waals surface area (Å²) < 4.78 is 9.70. The number of hydrogen-bond acceptors (Lipinski definition) is 7. The van der Waals surface area contributed by atoms with E-state index in [1.165, 1.54) is 12.4 Å². The fourth-order valence-electron chi connectivity index (χ4n) is 2.19. The van der Waals surface area contributed by atoms with E-state index >= 15 is 0 Å². The Morgan fingerprint density at radius 3 is 1.83 bits per heavy atom. The van der Waals surface area contributed by atoms with Gasteiger partial charge in [-0.3, -0.25) is 0 Å². The summed E-state index contributed by atoms with van der Waals surface area (Å²) in [6.07, 6.45) is 2.73. The maximum absolute atomic E-state index is 11.5. The number of hydrogen-bond donors (Lipinski definition) is 1. The standard InChI is InChI=1S/C10H13ClN2O2.C9H9Cl2NO2/c1-4-15-10(14)7-5-13-9(11)6(2)8(7)12-3;1-3-14-9(13)6-4-12-8(11)5(2)7(6)10/h5H,4H2,1-3H3,(H,12,13);4H,3H2,1-2H3. The normalized spacial score (nSPS) is 9.93. The SMILES string of the molecule is CCOC(=O)c1cnc(Cl)c(C)c1Cl.CCOC(=O)c1cnc(Cl)c(C)c1NC. The first-order chi connectivity index (χ1) is 13.7. The van der Waals surface area contributed by atoms with E-state index in [-0.39, 0.29) is 5.56 Å². The van der Waals surface area contributed by atoms with E-state index in [9.17, 15) is 9.59 Å². The van der Waals surface area contributed by atoms with Crippen LogP contribution in [0.15, 0.2) is 12.4 Å². The molecule has 29 heavy (non-hydrogen) atoms. The molecule has 0 spiro atoms. The Morgan fingerprint density at radius 2 is 1.34 bits per heavy atom. The molecule has 2 aromatic rings. The number of anilines is 1. The van der Waals surface area contributed by atoms with Gasteiger partial charge < -0.3 is 14.8 Å². The molecule has 0 saturated carbocycles. The van der Waals surface area contributed by atoms with Crippen LogP contribution in [0, 0.1) is 13.8 Å². The lowest BCUT2D eigenvalue weighted by Gasteiger charge is -2.11. The number of halogens is 3. The number of carbonyl (C=O) groups is 2. The number of esters is 2. The zero-order valence-corrected chi connectivity index (χ0v) is 19.0. The average Bonchev–Trinajstić information content (AvgIpc) is 2.69. The van der Waals surface area contributed by atoms with Gasteiger partial charge in [0.2, 0.25) is 0 Å². The largest absolute Gasteiger partial charge is 0.462 e. The number of nitrogens with one attached hydrogen (secondary N) is 1. The van der Waals surface area contributed by atoms with Crippen molar-refractivity contribution >= 4 is 52.4 Å². The molecule has 0 atom stereocenters. The van der Waals surface area contributed by atoms with Crippen LogP contribution in [-0.2, 0) is 9.47 Å².